The highest BCUT2D eigenvalue weighted by Gasteiger charge is 2.14. The van der Waals surface area contributed by atoms with E-state index in [1.807, 2.05) is 54.6 Å². The highest BCUT2D eigenvalue weighted by Crippen LogP contribution is 2.23. The standard InChI is InChI=1S/C20H18ClNO2/c21-15-9-7-14(8-10-15)20-12-18(22-13-16-4-3-11-23-16)17-5-1-2-6-19(17)24-20/h1-2,5-10,12,16H,3-4,11,13H2/t16-/m0/s1. The molecule has 4 rings (SSSR count). The maximum Gasteiger partial charge on any atom is 0.136 e. The van der Waals surface area contributed by atoms with E-state index < -0.39 is 0 Å². The minimum Gasteiger partial charge on any atom is -0.456 e. The lowest BCUT2D eigenvalue weighted by Gasteiger charge is -2.07. The van der Waals surface area contributed by atoms with Crippen LogP contribution >= 0.6 is 11.6 Å². The molecule has 1 atom stereocenters. The summed E-state index contributed by atoms with van der Waals surface area (Å²) in [6.07, 6.45) is 2.45. The summed E-state index contributed by atoms with van der Waals surface area (Å²) in [7, 11) is 0. The van der Waals surface area contributed by atoms with Crippen LogP contribution in [0.25, 0.3) is 22.3 Å². The molecule has 2 heterocycles. The molecule has 0 radical (unpaired) electrons. The third-order valence-corrected chi connectivity index (χ3v) is 4.52. The van der Waals surface area contributed by atoms with Crippen molar-refractivity contribution < 1.29 is 9.15 Å². The lowest BCUT2D eigenvalue weighted by molar-refractivity contribution is 0.117. The summed E-state index contributed by atoms with van der Waals surface area (Å²) in [4.78, 5) is 4.81. The van der Waals surface area contributed by atoms with E-state index in [9.17, 15) is 0 Å². The van der Waals surface area contributed by atoms with Crippen molar-refractivity contribution in [3.05, 3.63) is 65.0 Å². The van der Waals surface area contributed by atoms with E-state index in [-0.39, 0.29) is 6.10 Å². The molecule has 0 N–H and O–H groups in total. The van der Waals surface area contributed by atoms with Crippen molar-refractivity contribution in [2.75, 3.05) is 13.2 Å². The van der Waals surface area contributed by atoms with E-state index in [2.05, 4.69) is 0 Å². The van der Waals surface area contributed by atoms with Gasteiger partial charge in [0.15, 0.2) is 0 Å². The summed E-state index contributed by atoms with van der Waals surface area (Å²) in [5.74, 6) is 0.788. The summed E-state index contributed by atoms with van der Waals surface area (Å²) in [5, 5.41) is 2.67. The van der Waals surface area contributed by atoms with E-state index in [0.717, 1.165) is 47.1 Å². The molecule has 1 saturated heterocycles. The zero-order chi connectivity index (χ0) is 16.4. The lowest BCUT2D eigenvalue weighted by atomic mass is 10.1. The second kappa shape index (κ2) is 6.80. The van der Waals surface area contributed by atoms with Crippen molar-refractivity contribution in [1.82, 2.24) is 0 Å². The quantitative estimate of drug-likeness (QED) is 0.684. The number of rotatable bonds is 3. The SMILES string of the molecule is Clc1ccc(-c2cc(=NC[C@@H]3CCCO3)c3ccccc3o2)cc1. The number of hydrogen-bond acceptors (Lipinski definition) is 3. The molecule has 0 amide bonds. The Balaban J connectivity index is 1.81. The zero-order valence-electron chi connectivity index (χ0n) is 13.2. The largest absolute Gasteiger partial charge is 0.456 e. The van der Waals surface area contributed by atoms with Crippen LogP contribution in [-0.4, -0.2) is 19.3 Å². The number of nitrogens with zero attached hydrogens (tertiary/aromatic N) is 1. The van der Waals surface area contributed by atoms with Gasteiger partial charge in [-0.3, -0.25) is 4.99 Å². The topological polar surface area (TPSA) is 34.7 Å². The predicted molar refractivity (Wildman–Crippen MR) is 96.1 cm³/mol. The fraction of sp³-hybridized carbons (Fsp3) is 0.250. The van der Waals surface area contributed by atoms with Crippen molar-refractivity contribution in [1.29, 1.82) is 0 Å². The molecular formula is C20H18ClNO2. The molecule has 3 nitrogen and oxygen atoms in total. The molecule has 0 spiro atoms. The Morgan fingerprint density at radius 2 is 1.92 bits per heavy atom. The zero-order valence-corrected chi connectivity index (χ0v) is 14.0. The Morgan fingerprint density at radius 1 is 1.08 bits per heavy atom. The van der Waals surface area contributed by atoms with Crippen molar-refractivity contribution in [3.8, 4) is 11.3 Å². The first-order valence-electron chi connectivity index (χ1n) is 8.20. The highest BCUT2D eigenvalue weighted by atomic mass is 35.5. The van der Waals surface area contributed by atoms with E-state index in [1.165, 1.54) is 0 Å². The molecule has 1 fully saturated rings. The van der Waals surface area contributed by atoms with Crippen LogP contribution < -0.4 is 5.36 Å². The molecule has 4 heteroatoms. The van der Waals surface area contributed by atoms with Crippen LogP contribution in [0.5, 0.6) is 0 Å². The van der Waals surface area contributed by atoms with Crippen molar-refractivity contribution in [3.63, 3.8) is 0 Å². The van der Waals surface area contributed by atoms with Crippen molar-refractivity contribution in [2.45, 2.75) is 18.9 Å². The molecule has 1 aliphatic rings. The number of hydrogen-bond donors (Lipinski definition) is 0. The number of para-hydroxylation sites is 1. The molecule has 0 unspecified atom stereocenters. The van der Waals surface area contributed by atoms with Crippen LogP contribution in [0.4, 0.5) is 0 Å². The first-order chi connectivity index (χ1) is 11.8. The Bertz CT molecular complexity index is 909. The smallest absolute Gasteiger partial charge is 0.136 e. The highest BCUT2D eigenvalue weighted by molar-refractivity contribution is 6.30. The number of fused-ring (bicyclic) bond motifs is 1. The first-order valence-corrected chi connectivity index (χ1v) is 8.58. The minimum absolute atomic E-state index is 0.236. The Labute approximate surface area is 145 Å². The van der Waals surface area contributed by atoms with Crippen molar-refractivity contribution >= 4 is 22.6 Å². The molecule has 3 aromatic rings. The lowest BCUT2D eigenvalue weighted by Crippen LogP contribution is -2.13. The normalized spacial score (nSPS) is 18.4. The van der Waals surface area contributed by atoms with Gasteiger partial charge in [0.2, 0.25) is 0 Å². The molecule has 0 saturated carbocycles. The fourth-order valence-corrected chi connectivity index (χ4v) is 3.12. The predicted octanol–water partition coefficient (Wildman–Crippen LogP) is 4.83. The Morgan fingerprint density at radius 3 is 2.71 bits per heavy atom. The van der Waals surface area contributed by atoms with Gasteiger partial charge in [0.1, 0.15) is 11.3 Å². The van der Waals surface area contributed by atoms with Gasteiger partial charge in [-0.1, -0.05) is 23.7 Å². The van der Waals surface area contributed by atoms with Gasteiger partial charge in [-0.2, -0.15) is 0 Å². The average molecular weight is 340 g/mol. The third-order valence-electron chi connectivity index (χ3n) is 4.27. The minimum atomic E-state index is 0.236. The van der Waals surface area contributed by atoms with Crippen LogP contribution in [0.2, 0.25) is 5.02 Å². The van der Waals surface area contributed by atoms with Crippen LogP contribution in [0.15, 0.2) is 64.0 Å². The van der Waals surface area contributed by atoms with Gasteiger partial charge in [-0.05, 0) is 49.2 Å². The summed E-state index contributed by atoms with van der Waals surface area (Å²) in [5.41, 5.74) is 1.81. The van der Waals surface area contributed by atoms with Crippen LogP contribution in [-0.2, 0) is 4.74 Å². The van der Waals surface area contributed by atoms with Crippen LogP contribution in [0.3, 0.4) is 0 Å². The molecule has 1 aromatic heterocycles. The Kier molecular flexibility index (Phi) is 4.37. The molecule has 0 aliphatic carbocycles. The van der Waals surface area contributed by atoms with E-state index in [1.54, 1.807) is 0 Å². The molecule has 1 aliphatic heterocycles. The molecular weight excluding hydrogens is 322 g/mol. The van der Waals surface area contributed by atoms with Crippen LogP contribution in [0, 0.1) is 0 Å². The number of halogens is 1. The number of benzene rings is 2. The summed E-state index contributed by atoms with van der Waals surface area (Å²) in [6.45, 7) is 1.54. The van der Waals surface area contributed by atoms with Gasteiger partial charge in [0.25, 0.3) is 0 Å². The maximum absolute atomic E-state index is 6.07. The van der Waals surface area contributed by atoms with Gasteiger partial charge in [-0.25, -0.2) is 0 Å². The summed E-state index contributed by atoms with van der Waals surface area (Å²) < 4.78 is 11.7. The summed E-state index contributed by atoms with van der Waals surface area (Å²) >= 11 is 5.98. The number of ether oxygens (including phenoxy) is 1. The molecule has 2 aromatic carbocycles. The first kappa shape index (κ1) is 15.4. The monoisotopic (exact) mass is 339 g/mol. The Hall–Kier alpha value is -2.10. The molecule has 0 bridgehead atoms. The van der Waals surface area contributed by atoms with Gasteiger partial charge >= 0.3 is 0 Å². The fourth-order valence-electron chi connectivity index (χ4n) is 2.99. The second-order valence-corrected chi connectivity index (χ2v) is 6.41. The third kappa shape index (κ3) is 3.23. The van der Waals surface area contributed by atoms with Gasteiger partial charge in [-0.15, -0.1) is 0 Å². The van der Waals surface area contributed by atoms with E-state index >= 15 is 0 Å². The van der Waals surface area contributed by atoms with E-state index in [0.29, 0.717) is 11.6 Å². The maximum atomic E-state index is 6.07. The molecule has 122 valence electrons. The van der Waals surface area contributed by atoms with Crippen LogP contribution in [0.1, 0.15) is 12.8 Å². The van der Waals surface area contributed by atoms with Gasteiger partial charge < -0.3 is 9.15 Å². The van der Waals surface area contributed by atoms with Crippen molar-refractivity contribution in [2.24, 2.45) is 4.99 Å². The summed E-state index contributed by atoms with van der Waals surface area (Å²) in [6, 6.07) is 17.6. The van der Waals surface area contributed by atoms with Gasteiger partial charge in [0, 0.05) is 28.6 Å². The second-order valence-electron chi connectivity index (χ2n) is 5.97. The average Bonchev–Trinajstić information content (AvgIpc) is 3.13. The van der Waals surface area contributed by atoms with Gasteiger partial charge in [0.05, 0.1) is 18.0 Å². The van der Waals surface area contributed by atoms with E-state index in [4.69, 9.17) is 25.7 Å². The molecule has 24 heavy (non-hydrogen) atoms.